The molecule has 0 unspecified atom stereocenters. The zero-order chi connectivity index (χ0) is 19.6. The molecule has 142 valence electrons. The van der Waals surface area contributed by atoms with E-state index in [1.807, 2.05) is 0 Å². The molecule has 27 heavy (non-hydrogen) atoms. The third-order valence-electron chi connectivity index (χ3n) is 4.06. The predicted molar refractivity (Wildman–Crippen MR) is 94.5 cm³/mol. The van der Waals surface area contributed by atoms with Crippen LogP contribution in [0.5, 0.6) is 11.5 Å². The number of amides is 1. The van der Waals surface area contributed by atoms with Crippen molar-refractivity contribution in [3.63, 3.8) is 0 Å². The third kappa shape index (κ3) is 3.21. The van der Waals surface area contributed by atoms with Crippen molar-refractivity contribution < 1.29 is 32.2 Å². The van der Waals surface area contributed by atoms with Crippen molar-refractivity contribution in [2.45, 2.75) is 4.90 Å². The van der Waals surface area contributed by atoms with Crippen molar-refractivity contribution >= 4 is 21.9 Å². The maximum Gasteiger partial charge on any atom is 0.342 e. The smallest absolute Gasteiger partial charge is 0.342 e. The van der Waals surface area contributed by atoms with Gasteiger partial charge in [0.2, 0.25) is 0 Å². The van der Waals surface area contributed by atoms with Crippen molar-refractivity contribution in [1.82, 2.24) is 4.31 Å². The highest BCUT2D eigenvalue weighted by atomic mass is 32.2. The van der Waals surface area contributed by atoms with Crippen LogP contribution >= 0.6 is 0 Å². The number of esters is 1. The van der Waals surface area contributed by atoms with Gasteiger partial charge >= 0.3 is 5.97 Å². The summed E-state index contributed by atoms with van der Waals surface area (Å²) in [6, 6.07) is 10.7. The Balaban J connectivity index is 1.71. The highest BCUT2D eigenvalue weighted by molar-refractivity contribution is 7.90. The molecule has 0 N–H and O–H groups in total. The maximum atomic E-state index is 12.5. The van der Waals surface area contributed by atoms with Crippen LogP contribution < -0.4 is 9.47 Å². The normalized spacial score (nSPS) is 14.6. The van der Waals surface area contributed by atoms with Crippen LogP contribution in [0.3, 0.4) is 0 Å². The fourth-order valence-electron chi connectivity index (χ4n) is 2.80. The van der Waals surface area contributed by atoms with E-state index in [1.54, 1.807) is 24.3 Å². The van der Waals surface area contributed by atoms with Gasteiger partial charge in [-0.15, -0.1) is 0 Å². The molecule has 1 aliphatic rings. The van der Waals surface area contributed by atoms with Crippen molar-refractivity contribution in [1.29, 1.82) is 0 Å². The van der Waals surface area contributed by atoms with Crippen LogP contribution in [-0.2, 0) is 14.8 Å². The summed E-state index contributed by atoms with van der Waals surface area (Å²) in [6.45, 7) is -0.577. The minimum atomic E-state index is -3.93. The molecule has 0 atom stereocenters. The molecule has 0 radical (unpaired) electrons. The number of nitrogens with zero attached hydrogens (tertiary/aromatic N) is 1. The molecule has 0 bridgehead atoms. The summed E-state index contributed by atoms with van der Waals surface area (Å²) >= 11 is 0. The minimum absolute atomic E-state index is 0.0456. The fourth-order valence-corrected chi connectivity index (χ4v) is 4.35. The highest BCUT2D eigenvalue weighted by Crippen LogP contribution is 2.32. The van der Waals surface area contributed by atoms with E-state index in [2.05, 4.69) is 0 Å². The monoisotopic (exact) mass is 391 g/mol. The predicted octanol–water partition coefficient (Wildman–Crippen LogP) is 1.71. The molecule has 0 spiro atoms. The number of sulfonamides is 1. The first-order valence-corrected chi connectivity index (χ1v) is 9.40. The molecular formula is C18H17NO7S. The van der Waals surface area contributed by atoms with Gasteiger partial charge in [-0.25, -0.2) is 17.5 Å². The molecule has 2 aromatic carbocycles. The van der Waals surface area contributed by atoms with Crippen molar-refractivity contribution in [3.05, 3.63) is 53.6 Å². The molecule has 3 rings (SSSR count). The lowest BCUT2D eigenvalue weighted by Gasteiger charge is -2.16. The van der Waals surface area contributed by atoms with Gasteiger partial charge in [0.25, 0.3) is 15.9 Å². The number of hydrogen-bond donors (Lipinski definition) is 0. The largest absolute Gasteiger partial charge is 0.493 e. The Kier molecular flexibility index (Phi) is 5.04. The van der Waals surface area contributed by atoms with Gasteiger partial charge in [-0.2, -0.15) is 0 Å². The number of carbonyl (C=O) groups excluding carboxylic acids is 2. The lowest BCUT2D eigenvalue weighted by Crippen LogP contribution is -2.33. The first-order chi connectivity index (χ1) is 12.9. The molecule has 0 aromatic heterocycles. The quantitative estimate of drug-likeness (QED) is 0.691. The van der Waals surface area contributed by atoms with Crippen molar-refractivity contribution in [2.75, 3.05) is 27.4 Å². The standard InChI is InChI=1S/C18H17NO7S/c1-24-14-8-5-7-13(16(14)25-2)18(21)26-11-10-19-17(20)12-6-3-4-9-15(12)27(19,22)23/h3-9H,10-11H2,1-2H3. The van der Waals surface area contributed by atoms with E-state index in [0.717, 1.165) is 0 Å². The first-order valence-electron chi connectivity index (χ1n) is 7.96. The van der Waals surface area contributed by atoms with Crippen LogP contribution in [0, 0.1) is 0 Å². The average Bonchev–Trinajstić information content (AvgIpc) is 2.87. The second-order valence-electron chi connectivity index (χ2n) is 5.56. The number of rotatable bonds is 6. The second-order valence-corrected chi connectivity index (χ2v) is 7.39. The molecule has 0 saturated heterocycles. The number of methoxy groups -OCH3 is 2. The molecular weight excluding hydrogens is 374 g/mol. The fraction of sp³-hybridized carbons (Fsp3) is 0.222. The number of carbonyl (C=O) groups is 2. The van der Waals surface area contributed by atoms with Crippen LogP contribution in [0.1, 0.15) is 20.7 Å². The molecule has 8 nitrogen and oxygen atoms in total. The van der Waals surface area contributed by atoms with Crippen LogP contribution in [0.25, 0.3) is 0 Å². The number of fused-ring (bicyclic) bond motifs is 1. The lowest BCUT2D eigenvalue weighted by molar-refractivity contribution is 0.0473. The first kappa shape index (κ1) is 18.7. The summed E-state index contributed by atoms with van der Waals surface area (Å²) in [4.78, 5) is 24.6. The summed E-state index contributed by atoms with van der Waals surface area (Å²) in [7, 11) is -1.10. The zero-order valence-electron chi connectivity index (χ0n) is 14.7. The molecule has 1 aliphatic heterocycles. The van der Waals surface area contributed by atoms with Gasteiger partial charge in [0.1, 0.15) is 17.1 Å². The Labute approximate surface area is 156 Å². The Morgan fingerprint density at radius 1 is 1.04 bits per heavy atom. The number of hydrogen-bond acceptors (Lipinski definition) is 7. The molecule has 0 aliphatic carbocycles. The van der Waals surface area contributed by atoms with E-state index >= 15 is 0 Å². The summed E-state index contributed by atoms with van der Waals surface area (Å²) < 4.78 is 41.0. The van der Waals surface area contributed by atoms with Crippen LogP contribution in [-0.4, -0.2) is 52.0 Å². The van der Waals surface area contributed by atoms with E-state index in [9.17, 15) is 18.0 Å². The number of benzene rings is 2. The molecule has 1 heterocycles. The molecule has 0 saturated carbocycles. The van der Waals surface area contributed by atoms with Crippen molar-refractivity contribution in [3.8, 4) is 11.5 Å². The summed E-state index contributed by atoms with van der Waals surface area (Å²) in [6.07, 6.45) is 0. The van der Waals surface area contributed by atoms with Gasteiger partial charge in [-0.1, -0.05) is 18.2 Å². The van der Waals surface area contributed by atoms with Crippen molar-refractivity contribution in [2.24, 2.45) is 0 Å². The second kappa shape index (κ2) is 7.28. The van der Waals surface area contributed by atoms with Gasteiger partial charge in [0.05, 0.1) is 26.3 Å². The Bertz CT molecular complexity index is 1000. The third-order valence-corrected chi connectivity index (χ3v) is 5.90. The Morgan fingerprint density at radius 2 is 1.78 bits per heavy atom. The summed E-state index contributed by atoms with van der Waals surface area (Å²) in [5, 5.41) is 0. The van der Waals surface area contributed by atoms with Crippen LogP contribution in [0.15, 0.2) is 47.4 Å². The average molecular weight is 391 g/mol. The van der Waals surface area contributed by atoms with Gasteiger partial charge < -0.3 is 14.2 Å². The van der Waals surface area contributed by atoms with E-state index in [0.29, 0.717) is 10.1 Å². The summed E-state index contributed by atoms with van der Waals surface area (Å²) in [5.41, 5.74) is 0.244. The highest BCUT2D eigenvalue weighted by Gasteiger charge is 2.40. The number of ether oxygens (including phenoxy) is 3. The topological polar surface area (TPSA) is 99.2 Å². The zero-order valence-corrected chi connectivity index (χ0v) is 15.5. The molecule has 1 amide bonds. The molecule has 9 heteroatoms. The van der Waals surface area contributed by atoms with Gasteiger partial charge in [-0.05, 0) is 24.3 Å². The SMILES string of the molecule is COc1cccc(C(=O)OCCN2C(=O)c3ccccc3S2(=O)=O)c1OC. The maximum absolute atomic E-state index is 12.5. The Hall–Kier alpha value is -3.07. The van der Waals surface area contributed by atoms with E-state index in [4.69, 9.17) is 14.2 Å². The van der Waals surface area contributed by atoms with E-state index in [1.165, 1.54) is 32.4 Å². The molecule has 0 fully saturated rings. The van der Waals surface area contributed by atoms with Crippen LogP contribution in [0.4, 0.5) is 0 Å². The Morgan fingerprint density at radius 3 is 2.44 bits per heavy atom. The van der Waals surface area contributed by atoms with E-state index < -0.39 is 21.9 Å². The van der Waals surface area contributed by atoms with E-state index in [-0.39, 0.29) is 34.9 Å². The van der Waals surface area contributed by atoms with Gasteiger partial charge in [0.15, 0.2) is 11.5 Å². The molecule has 2 aromatic rings. The van der Waals surface area contributed by atoms with Gasteiger partial charge in [-0.3, -0.25) is 4.79 Å². The summed E-state index contributed by atoms with van der Waals surface area (Å²) in [5.74, 6) is -0.783. The minimum Gasteiger partial charge on any atom is -0.493 e. The number of para-hydroxylation sites is 1. The van der Waals surface area contributed by atoms with Gasteiger partial charge in [0, 0.05) is 0 Å². The lowest BCUT2D eigenvalue weighted by atomic mass is 10.2. The van der Waals surface area contributed by atoms with Crippen LogP contribution in [0.2, 0.25) is 0 Å².